The molecule has 0 spiro atoms. The number of carbonyl (C=O) groups is 1. The molecule has 0 aromatic heterocycles. The summed E-state index contributed by atoms with van der Waals surface area (Å²) >= 11 is 0. The summed E-state index contributed by atoms with van der Waals surface area (Å²) in [6, 6.07) is 6.10. The van der Waals surface area contributed by atoms with Crippen molar-refractivity contribution in [2.45, 2.75) is 52.9 Å². The number of carbonyl (C=O) groups excluding carboxylic acids is 1. The molecular formula is C16H26N2O. The molecule has 0 saturated heterocycles. The molecule has 0 fully saturated rings. The molecule has 0 aliphatic rings. The Balaban J connectivity index is 2.39. The maximum atomic E-state index is 11.1. The first kappa shape index (κ1) is 15.5. The van der Waals surface area contributed by atoms with Gasteiger partial charge in [-0.1, -0.05) is 38.7 Å². The summed E-state index contributed by atoms with van der Waals surface area (Å²) in [7, 11) is 0. The van der Waals surface area contributed by atoms with E-state index in [4.69, 9.17) is 0 Å². The van der Waals surface area contributed by atoms with Crippen molar-refractivity contribution in [1.82, 2.24) is 0 Å². The quantitative estimate of drug-likeness (QED) is 0.684. The molecule has 19 heavy (non-hydrogen) atoms. The number of unbranched alkanes of at least 4 members (excludes halogenated alkanes) is 4. The van der Waals surface area contributed by atoms with Crippen molar-refractivity contribution < 1.29 is 4.79 Å². The Morgan fingerprint density at radius 2 is 1.89 bits per heavy atom. The van der Waals surface area contributed by atoms with Gasteiger partial charge in [-0.15, -0.1) is 0 Å². The van der Waals surface area contributed by atoms with Crippen LogP contribution in [0.5, 0.6) is 0 Å². The molecule has 1 aromatic rings. The molecule has 0 atom stereocenters. The third kappa shape index (κ3) is 6.27. The van der Waals surface area contributed by atoms with Crippen molar-refractivity contribution >= 4 is 17.3 Å². The minimum Gasteiger partial charge on any atom is -0.385 e. The summed E-state index contributed by atoms with van der Waals surface area (Å²) in [5, 5.41) is 6.26. The van der Waals surface area contributed by atoms with E-state index in [1.165, 1.54) is 39.0 Å². The highest BCUT2D eigenvalue weighted by Crippen LogP contribution is 2.20. The molecule has 106 valence electrons. The Hall–Kier alpha value is -1.51. The van der Waals surface area contributed by atoms with Crippen LogP contribution in [0.4, 0.5) is 11.4 Å². The summed E-state index contributed by atoms with van der Waals surface area (Å²) in [6.07, 6.45) is 6.42. The topological polar surface area (TPSA) is 41.1 Å². The van der Waals surface area contributed by atoms with Gasteiger partial charge in [0.1, 0.15) is 0 Å². The minimum atomic E-state index is -0.0279. The molecule has 0 unspecified atom stereocenters. The van der Waals surface area contributed by atoms with E-state index in [9.17, 15) is 4.79 Å². The maximum Gasteiger partial charge on any atom is 0.221 e. The molecule has 0 aliphatic heterocycles. The zero-order chi connectivity index (χ0) is 14.1. The van der Waals surface area contributed by atoms with Crippen LogP contribution in [-0.4, -0.2) is 12.5 Å². The van der Waals surface area contributed by atoms with E-state index in [1.807, 2.05) is 19.1 Å². The lowest BCUT2D eigenvalue weighted by Gasteiger charge is -2.11. The van der Waals surface area contributed by atoms with Crippen LogP contribution in [0.15, 0.2) is 18.2 Å². The molecule has 0 radical (unpaired) electrons. The predicted molar refractivity (Wildman–Crippen MR) is 82.7 cm³/mol. The van der Waals surface area contributed by atoms with E-state index in [-0.39, 0.29) is 5.91 Å². The van der Waals surface area contributed by atoms with Crippen molar-refractivity contribution in [1.29, 1.82) is 0 Å². The van der Waals surface area contributed by atoms with E-state index in [1.54, 1.807) is 0 Å². The maximum absolute atomic E-state index is 11.1. The smallest absolute Gasteiger partial charge is 0.221 e. The molecule has 1 aromatic carbocycles. The predicted octanol–water partition coefficient (Wildman–Crippen LogP) is 4.34. The van der Waals surface area contributed by atoms with Crippen molar-refractivity contribution in [3.8, 4) is 0 Å². The van der Waals surface area contributed by atoms with Crippen molar-refractivity contribution in [3.63, 3.8) is 0 Å². The molecule has 0 aliphatic carbocycles. The molecule has 0 heterocycles. The third-order valence-electron chi connectivity index (χ3n) is 3.16. The van der Waals surface area contributed by atoms with Gasteiger partial charge < -0.3 is 10.6 Å². The Labute approximate surface area is 116 Å². The number of hydrogen-bond donors (Lipinski definition) is 2. The monoisotopic (exact) mass is 262 g/mol. The van der Waals surface area contributed by atoms with Crippen LogP contribution in [0.25, 0.3) is 0 Å². The van der Waals surface area contributed by atoms with Crippen LogP contribution in [-0.2, 0) is 4.79 Å². The molecular weight excluding hydrogens is 236 g/mol. The first-order valence-corrected chi connectivity index (χ1v) is 7.25. The lowest BCUT2D eigenvalue weighted by Crippen LogP contribution is -2.08. The second-order valence-corrected chi connectivity index (χ2v) is 5.05. The third-order valence-corrected chi connectivity index (χ3v) is 3.16. The second kappa shape index (κ2) is 8.57. The molecule has 3 nitrogen and oxygen atoms in total. The summed E-state index contributed by atoms with van der Waals surface area (Å²) in [5.41, 5.74) is 3.05. The van der Waals surface area contributed by atoms with Crippen LogP contribution in [0, 0.1) is 6.92 Å². The van der Waals surface area contributed by atoms with Gasteiger partial charge in [-0.2, -0.15) is 0 Å². The van der Waals surface area contributed by atoms with Gasteiger partial charge in [0, 0.05) is 24.8 Å². The number of amides is 1. The average molecular weight is 262 g/mol. The van der Waals surface area contributed by atoms with Crippen molar-refractivity contribution in [2.24, 2.45) is 0 Å². The van der Waals surface area contributed by atoms with Gasteiger partial charge in [0.25, 0.3) is 0 Å². The fourth-order valence-electron chi connectivity index (χ4n) is 2.02. The largest absolute Gasteiger partial charge is 0.385 e. The van der Waals surface area contributed by atoms with Gasteiger partial charge in [0.2, 0.25) is 5.91 Å². The number of benzene rings is 1. The Morgan fingerprint density at radius 1 is 1.16 bits per heavy atom. The minimum absolute atomic E-state index is 0.0279. The lowest BCUT2D eigenvalue weighted by molar-refractivity contribution is -0.114. The summed E-state index contributed by atoms with van der Waals surface area (Å²) < 4.78 is 0. The van der Waals surface area contributed by atoms with Gasteiger partial charge in [-0.05, 0) is 31.0 Å². The highest BCUT2D eigenvalue weighted by Gasteiger charge is 2.01. The summed E-state index contributed by atoms with van der Waals surface area (Å²) in [4.78, 5) is 11.1. The first-order chi connectivity index (χ1) is 9.13. The first-order valence-electron chi connectivity index (χ1n) is 7.25. The van der Waals surface area contributed by atoms with Gasteiger partial charge in [0.05, 0.1) is 0 Å². The van der Waals surface area contributed by atoms with E-state index in [2.05, 4.69) is 23.6 Å². The molecule has 0 saturated carbocycles. The average Bonchev–Trinajstić information content (AvgIpc) is 2.37. The molecule has 1 amide bonds. The number of aryl methyl sites for hydroxylation is 1. The fraction of sp³-hybridized carbons (Fsp3) is 0.562. The standard InChI is InChI=1S/C16H26N2O/c1-4-5-6-7-8-11-17-15-10-9-13(2)16(12-15)18-14(3)19/h9-10,12,17H,4-8,11H2,1-3H3,(H,18,19). The second-order valence-electron chi connectivity index (χ2n) is 5.05. The fourth-order valence-corrected chi connectivity index (χ4v) is 2.02. The van der Waals surface area contributed by atoms with Gasteiger partial charge >= 0.3 is 0 Å². The SMILES string of the molecule is CCCCCCCNc1ccc(C)c(NC(C)=O)c1. The molecule has 1 rings (SSSR count). The number of nitrogens with one attached hydrogen (secondary N) is 2. The zero-order valence-corrected chi connectivity index (χ0v) is 12.4. The highest BCUT2D eigenvalue weighted by atomic mass is 16.1. The van der Waals surface area contributed by atoms with Crippen molar-refractivity contribution in [3.05, 3.63) is 23.8 Å². The molecule has 2 N–H and O–H groups in total. The molecule has 3 heteroatoms. The van der Waals surface area contributed by atoms with Crippen LogP contribution >= 0.6 is 0 Å². The van der Waals surface area contributed by atoms with E-state index < -0.39 is 0 Å². The number of rotatable bonds is 8. The van der Waals surface area contributed by atoms with E-state index in [0.717, 1.165) is 23.5 Å². The number of anilines is 2. The molecule has 0 bridgehead atoms. The van der Waals surface area contributed by atoms with Crippen LogP contribution < -0.4 is 10.6 Å². The van der Waals surface area contributed by atoms with Gasteiger partial charge in [0.15, 0.2) is 0 Å². The highest BCUT2D eigenvalue weighted by molar-refractivity contribution is 5.90. The Kier molecular flexibility index (Phi) is 7.01. The summed E-state index contributed by atoms with van der Waals surface area (Å²) in [6.45, 7) is 6.76. The van der Waals surface area contributed by atoms with Crippen LogP contribution in [0.3, 0.4) is 0 Å². The Morgan fingerprint density at radius 3 is 2.58 bits per heavy atom. The summed E-state index contributed by atoms with van der Waals surface area (Å²) in [5.74, 6) is -0.0279. The normalized spacial score (nSPS) is 10.3. The van der Waals surface area contributed by atoms with Gasteiger partial charge in [-0.3, -0.25) is 4.79 Å². The van der Waals surface area contributed by atoms with E-state index in [0.29, 0.717) is 0 Å². The number of hydrogen-bond acceptors (Lipinski definition) is 2. The lowest BCUT2D eigenvalue weighted by atomic mass is 10.1. The van der Waals surface area contributed by atoms with E-state index >= 15 is 0 Å². The Bertz CT molecular complexity index is 402. The van der Waals surface area contributed by atoms with Crippen molar-refractivity contribution in [2.75, 3.05) is 17.2 Å². The zero-order valence-electron chi connectivity index (χ0n) is 12.4. The van der Waals surface area contributed by atoms with Crippen LogP contribution in [0.1, 0.15) is 51.5 Å². The van der Waals surface area contributed by atoms with Crippen LogP contribution in [0.2, 0.25) is 0 Å². The van der Waals surface area contributed by atoms with Gasteiger partial charge in [-0.25, -0.2) is 0 Å².